The summed E-state index contributed by atoms with van der Waals surface area (Å²) < 4.78 is 25.1. The van der Waals surface area contributed by atoms with Crippen molar-refractivity contribution in [1.29, 1.82) is 0 Å². The highest BCUT2D eigenvalue weighted by atomic mass is 35.5. The number of amides is 1. The zero-order valence-electron chi connectivity index (χ0n) is 13.3. The van der Waals surface area contributed by atoms with Crippen LogP contribution in [0.2, 0.25) is 5.02 Å². The van der Waals surface area contributed by atoms with Crippen molar-refractivity contribution < 1.29 is 13.2 Å². The molecular formula is C14H22ClN3O3S. The number of anilines is 1. The summed E-state index contributed by atoms with van der Waals surface area (Å²) in [5.41, 5.74) is 1.15. The predicted octanol–water partition coefficient (Wildman–Crippen LogP) is 1.09. The van der Waals surface area contributed by atoms with Gasteiger partial charge in [0.05, 0.1) is 11.9 Å². The summed E-state index contributed by atoms with van der Waals surface area (Å²) in [6, 6.07) is 4.95. The zero-order chi connectivity index (χ0) is 16.9. The van der Waals surface area contributed by atoms with E-state index in [1.54, 1.807) is 25.1 Å². The molecule has 0 saturated carbocycles. The number of carbonyl (C=O) groups is 1. The molecule has 1 aromatic carbocycles. The molecule has 1 aromatic rings. The smallest absolute Gasteiger partial charge is 0.240 e. The highest BCUT2D eigenvalue weighted by molar-refractivity contribution is 7.92. The van der Waals surface area contributed by atoms with E-state index in [1.165, 1.54) is 0 Å². The lowest BCUT2D eigenvalue weighted by atomic mass is 10.2. The fourth-order valence-corrected chi connectivity index (χ4v) is 2.91. The van der Waals surface area contributed by atoms with Crippen molar-refractivity contribution >= 4 is 33.2 Å². The summed E-state index contributed by atoms with van der Waals surface area (Å²) in [6.45, 7) is 2.64. The number of aryl methyl sites for hydroxylation is 1. The number of sulfonamides is 1. The second-order valence-electron chi connectivity index (χ2n) is 5.35. The van der Waals surface area contributed by atoms with E-state index in [9.17, 15) is 13.2 Å². The number of rotatable bonds is 7. The van der Waals surface area contributed by atoms with E-state index < -0.39 is 10.0 Å². The van der Waals surface area contributed by atoms with E-state index >= 15 is 0 Å². The van der Waals surface area contributed by atoms with Gasteiger partial charge in [0, 0.05) is 18.1 Å². The lowest BCUT2D eigenvalue weighted by Crippen LogP contribution is -2.42. The Bertz CT molecular complexity index is 632. The molecular weight excluding hydrogens is 326 g/mol. The maximum absolute atomic E-state index is 12.0. The summed E-state index contributed by atoms with van der Waals surface area (Å²) in [7, 11) is 0.196. The van der Waals surface area contributed by atoms with Crippen molar-refractivity contribution in [2.24, 2.45) is 0 Å². The van der Waals surface area contributed by atoms with Crippen LogP contribution in [0.4, 0.5) is 5.69 Å². The van der Waals surface area contributed by atoms with Crippen LogP contribution in [0.1, 0.15) is 5.56 Å². The number of halogens is 1. The first-order valence-electron chi connectivity index (χ1n) is 6.76. The van der Waals surface area contributed by atoms with Crippen molar-refractivity contribution in [3.63, 3.8) is 0 Å². The van der Waals surface area contributed by atoms with Crippen molar-refractivity contribution in [1.82, 2.24) is 10.2 Å². The normalized spacial score (nSPS) is 11.5. The minimum atomic E-state index is -3.59. The Labute approximate surface area is 137 Å². The van der Waals surface area contributed by atoms with E-state index in [0.29, 0.717) is 23.8 Å². The first kappa shape index (κ1) is 18.7. The highest BCUT2D eigenvalue weighted by Crippen LogP contribution is 2.26. The first-order chi connectivity index (χ1) is 10.1. The van der Waals surface area contributed by atoms with Crippen molar-refractivity contribution in [3.8, 4) is 0 Å². The summed E-state index contributed by atoms with van der Waals surface area (Å²) in [4.78, 5) is 13.9. The molecule has 0 aliphatic rings. The van der Waals surface area contributed by atoms with Gasteiger partial charge in [-0.05, 0) is 38.7 Å². The Morgan fingerprint density at radius 2 is 1.95 bits per heavy atom. The Morgan fingerprint density at radius 3 is 2.50 bits per heavy atom. The molecule has 0 atom stereocenters. The van der Waals surface area contributed by atoms with Gasteiger partial charge in [0.25, 0.3) is 0 Å². The molecule has 0 spiro atoms. The Morgan fingerprint density at radius 1 is 1.32 bits per heavy atom. The maximum Gasteiger partial charge on any atom is 0.240 e. The quantitative estimate of drug-likeness (QED) is 0.801. The van der Waals surface area contributed by atoms with Crippen LogP contribution in [0.25, 0.3) is 0 Å². The molecule has 0 fully saturated rings. The molecule has 1 rings (SSSR count). The number of hydrogen-bond acceptors (Lipinski definition) is 4. The minimum absolute atomic E-state index is 0.270. The molecule has 0 unspecified atom stereocenters. The molecule has 22 heavy (non-hydrogen) atoms. The first-order valence-corrected chi connectivity index (χ1v) is 8.99. The molecule has 0 aliphatic heterocycles. The third-order valence-corrected chi connectivity index (χ3v) is 4.37. The summed E-state index contributed by atoms with van der Waals surface area (Å²) in [6.07, 6.45) is 1.07. The minimum Gasteiger partial charge on any atom is -0.353 e. The van der Waals surface area contributed by atoms with Crippen LogP contribution in [0.5, 0.6) is 0 Å². The number of hydrogen-bond donors (Lipinski definition) is 1. The van der Waals surface area contributed by atoms with E-state index in [0.717, 1.165) is 16.1 Å². The monoisotopic (exact) mass is 347 g/mol. The Hall–Kier alpha value is -1.31. The molecule has 0 saturated heterocycles. The van der Waals surface area contributed by atoms with Gasteiger partial charge in [-0.3, -0.25) is 9.10 Å². The van der Waals surface area contributed by atoms with Gasteiger partial charge in [-0.25, -0.2) is 8.42 Å². The third-order valence-electron chi connectivity index (χ3n) is 3.01. The fourth-order valence-electron chi connectivity index (χ4n) is 1.84. The molecule has 0 aliphatic carbocycles. The molecule has 8 heteroatoms. The van der Waals surface area contributed by atoms with Crippen LogP contribution in [-0.2, 0) is 14.8 Å². The zero-order valence-corrected chi connectivity index (χ0v) is 14.8. The van der Waals surface area contributed by atoms with E-state index in [-0.39, 0.29) is 12.5 Å². The second-order valence-corrected chi connectivity index (χ2v) is 7.70. The lowest BCUT2D eigenvalue weighted by molar-refractivity contribution is -0.119. The second kappa shape index (κ2) is 7.80. The Kier molecular flexibility index (Phi) is 6.65. The SMILES string of the molecule is Cc1ccc(Cl)cc1N(CC(=O)NCCN(C)C)S(C)(=O)=O. The van der Waals surface area contributed by atoms with Gasteiger partial charge in [0.1, 0.15) is 6.54 Å². The lowest BCUT2D eigenvalue weighted by Gasteiger charge is -2.24. The number of nitrogens with zero attached hydrogens (tertiary/aromatic N) is 2. The molecule has 0 radical (unpaired) electrons. The van der Waals surface area contributed by atoms with Gasteiger partial charge in [0.2, 0.25) is 15.9 Å². The van der Waals surface area contributed by atoms with Gasteiger partial charge < -0.3 is 10.2 Å². The van der Waals surface area contributed by atoms with Crippen molar-refractivity contribution in [3.05, 3.63) is 28.8 Å². The van der Waals surface area contributed by atoms with Crippen LogP contribution in [0.3, 0.4) is 0 Å². The Balaban J connectivity index is 2.92. The van der Waals surface area contributed by atoms with Crippen LogP contribution >= 0.6 is 11.6 Å². The highest BCUT2D eigenvalue weighted by Gasteiger charge is 2.22. The van der Waals surface area contributed by atoms with Gasteiger partial charge in [0.15, 0.2) is 0 Å². The van der Waals surface area contributed by atoms with E-state index in [4.69, 9.17) is 11.6 Å². The van der Waals surface area contributed by atoms with Gasteiger partial charge in [-0.1, -0.05) is 17.7 Å². The maximum atomic E-state index is 12.0. The van der Waals surface area contributed by atoms with Crippen molar-refractivity contribution in [2.45, 2.75) is 6.92 Å². The number of benzene rings is 1. The molecule has 0 aromatic heterocycles. The summed E-state index contributed by atoms with van der Waals surface area (Å²) in [5.74, 6) is -0.355. The summed E-state index contributed by atoms with van der Waals surface area (Å²) >= 11 is 5.94. The van der Waals surface area contributed by atoms with Crippen LogP contribution in [0.15, 0.2) is 18.2 Å². The average Bonchev–Trinajstić information content (AvgIpc) is 2.37. The van der Waals surface area contributed by atoms with E-state index in [1.807, 2.05) is 19.0 Å². The van der Waals surface area contributed by atoms with Gasteiger partial charge in [-0.15, -0.1) is 0 Å². The molecule has 1 amide bonds. The van der Waals surface area contributed by atoms with Gasteiger partial charge >= 0.3 is 0 Å². The summed E-state index contributed by atoms with van der Waals surface area (Å²) in [5, 5.41) is 3.12. The largest absolute Gasteiger partial charge is 0.353 e. The van der Waals surface area contributed by atoms with Gasteiger partial charge in [-0.2, -0.15) is 0 Å². The van der Waals surface area contributed by atoms with E-state index in [2.05, 4.69) is 5.32 Å². The fraction of sp³-hybridized carbons (Fsp3) is 0.500. The average molecular weight is 348 g/mol. The molecule has 0 heterocycles. The number of likely N-dealkylation sites (N-methyl/N-ethyl adjacent to an activating group) is 1. The topological polar surface area (TPSA) is 69.7 Å². The molecule has 124 valence electrons. The third kappa shape index (κ3) is 5.82. The van der Waals surface area contributed by atoms with Crippen molar-refractivity contribution in [2.75, 3.05) is 44.3 Å². The van der Waals surface area contributed by atoms with Crippen LogP contribution in [-0.4, -0.2) is 59.2 Å². The molecule has 6 nitrogen and oxygen atoms in total. The molecule has 1 N–H and O–H groups in total. The predicted molar refractivity (Wildman–Crippen MR) is 89.9 cm³/mol. The van der Waals surface area contributed by atoms with Crippen LogP contribution in [0, 0.1) is 6.92 Å². The molecule has 0 bridgehead atoms. The number of nitrogens with one attached hydrogen (secondary N) is 1. The number of carbonyl (C=O) groups excluding carboxylic acids is 1. The standard InChI is InChI=1S/C14H22ClN3O3S/c1-11-5-6-12(15)9-13(11)18(22(4,20)21)10-14(19)16-7-8-17(2)3/h5-6,9H,7-8,10H2,1-4H3,(H,16,19). The van der Waals surface area contributed by atoms with Crippen LogP contribution < -0.4 is 9.62 Å².